The molecule has 1 aromatic heterocycles. The molecule has 0 aromatic carbocycles. The topological polar surface area (TPSA) is 51.2 Å². The fourth-order valence-electron chi connectivity index (χ4n) is 1.23. The highest BCUT2D eigenvalue weighted by Crippen LogP contribution is 2.16. The summed E-state index contributed by atoms with van der Waals surface area (Å²) in [4.78, 5) is 15.8. The van der Waals surface area contributed by atoms with Crippen molar-refractivity contribution in [2.45, 2.75) is 26.7 Å². The van der Waals surface area contributed by atoms with E-state index in [2.05, 4.69) is 26.2 Å². The third kappa shape index (κ3) is 5.28. The Morgan fingerprint density at radius 1 is 1.47 bits per heavy atom. The van der Waals surface area contributed by atoms with E-state index in [9.17, 15) is 4.79 Å². The number of amides is 1. The minimum atomic E-state index is -0.0738. The van der Waals surface area contributed by atoms with E-state index < -0.39 is 0 Å². The van der Waals surface area contributed by atoms with Crippen LogP contribution in [0.5, 0.6) is 0 Å². The number of carbonyl (C=O) groups excluding carboxylic acids is 1. The predicted molar refractivity (Wildman–Crippen MR) is 71.0 cm³/mol. The molecule has 0 aliphatic heterocycles. The van der Waals surface area contributed by atoms with Crippen LogP contribution >= 0.6 is 15.9 Å². The second kappa shape index (κ2) is 7.40. The molecule has 0 spiro atoms. The van der Waals surface area contributed by atoms with Gasteiger partial charge < -0.3 is 10.1 Å². The van der Waals surface area contributed by atoms with Crippen LogP contribution in [0.15, 0.2) is 16.6 Å². The maximum atomic E-state index is 11.5. The van der Waals surface area contributed by atoms with Crippen molar-refractivity contribution in [1.82, 2.24) is 4.98 Å². The molecule has 1 aromatic rings. The van der Waals surface area contributed by atoms with Crippen LogP contribution in [0.25, 0.3) is 0 Å². The van der Waals surface area contributed by atoms with Gasteiger partial charge in [0.2, 0.25) is 5.91 Å². The number of ether oxygens (including phenoxy) is 1. The lowest BCUT2D eigenvalue weighted by atomic mass is 10.3. The molecule has 0 aliphatic carbocycles. The van der Waals surface area contributed by atoms with Crippen molar-refractivity contribution in [1.29, 1.82) is 0 Å². The molecule has 17 heavy (non-hydrogen) atoms. The Kier molecular flexibility index (Phi) is 6.15. The first-order chi connectivity index (χ1) is 8.13. The zero-order chi connectivity index (χ0) is 12.7. The van der Waals surface area contributed by atoms with Crippen LogP contribution in [0.1, 0.15) is 25.5 Å². The SMILES string of the molecule is CCCOCCC(=O)Nc1ccc(Br)c(C)n1. The lowest BCUT2D eigenvalue weighted by Gasteiger charge is -2.06. The van der Waals surface area contributed by atoms with Crippen LogP contribution in [0.3, 0.4) is 0 Å². The Morgan fingerprint density at radius 3 is 2.88 bits per heavy atom. The van der Waals surface area contributed by atoms with Gasteiger partial charge in [-0.1, -0.05) is 6.92 Å². The summed E-state index contributed by atoms with van der Waals surface area (Å²) in [5.41, 5.74) is 0.852. The molecule has 0 unspecified atom stereocenters. The van der Waals surface area contributed by atoms with Gasteiger partial charge >= 0.3 is 0 Å². The molecule has 0 radical (unpaired) electrons. The lowest BCUT2D eigenvalue weighted by molar-refractivity contribution is -0.117. The fraction of sp³-hybridized carbons (Fsp3) is 0.500. The average molecular weight is 301 g/mol. The normalized spacial score (nSPS) is 10.3. The van der Waals surface area contributed by atoms with E-state index in [0.717, 1.165) is 16.6 Å². The number of pyridine rings is 1. The number of nitrogens with zero attached hydrogens (tertiary/aromatic N) is 1. The summed E-state index contributed by atoms with van der Waals surface area (Å²) >= 11 is 3.36. The fourth-order valence-corrected chi connectivity index (χ4v) is 1.45. The first kappa shape index (κ1) is 14.1. The monoisotopic (exact) mass is 300 g/mol. The van der Waals surface area contributed by atoms with Gasteiger partial charge in [0.1, 0.15) is 5.82 Å². The largest absolute Gasteiger partial charge is 0.381 e. The summed E-state index contributed by atoms with van der Waals surface area (Å²) in [5, 5.41) is 2.74. The second-order valence-corrected chi connectivity index (χ2v) is 4.53. The summed E-state index contributed by atoms with van der Waals surface area (Å²) in [6, 6.07) is 3.63. The lowest BCUT2D eigenvalue weighted by Crippen LogP contribution is -2.15. The number of nitrogens with one attached hydrogen (secondary N) is 1. The number of anilines is 1. The third-order valence-electron chi connectivity index (χ3n) is 2.11. The van der Waals surface area contributed by atoms with Crippen molar-refractivity contribution < 1.29 is 9.53 Å². The first-order valence-electron chi connectivity index (χ1n) is 5.64. The van der Waals surface area contributed by atoms with Crippen LogP contribution < -0.4 is 5.32 Å². The van der Waals surface area contributed by atoms with Crippen molar-refractivity contribution in [3.8, 4) is 0 Å². The highest BCUT2D eigenvalue weighted by atomic mass is 79.9. The average Bonchev–Trinajstić information content (AvgIpc) is 2.30. The van der Waals surface area contributed by atoms with E-state index >= 15 is 0 Å². The summed E-state index contributed by atoms with van der Waals surface area (Å²) in [7, 11) is 0. The van der Waals surface area contributed by atoms with E-state index in [4.69, 9.17) is 4.74 Å². The van der Waals surface area contributed by atoms with E-state index in [1.807, 2.05) is 19.9 Å². The van der Waals surface area contributed by atoms with Gasteiger partial charge in [0, 0.05) is 11.1 Å². The van der Waals surface area contributed by atoms with Crippen molar-refractivity contribution in [3.63, 3.8) is 0 Å². The Labute approximate surface area is 110 Å². The van der Waals surface area contributed by atoms with Crippen molar-refractivity contribution in [3.05, 3.63) is 22.3 Å². The molecular weight excluding hydrogens is 284 g/mol. The molecule has 1 amide bonds. The molecule has 0 bridgehead atoms. The van der Waals surface area contributed by atoms with Crippen LogP contribution in [-0.4, -0.2) is 24.1 Å². The van der Waals surface area contributed by atoms with Gasteiger partial charge in [-0.25, -0.2) is 4.98 Å². The second-order valence-electron chi connectivity index (χ2n) is 3.67. The molecule has 0 saturated carbocycles. The van der Waals surface area contributed by atoms with E-state index in [-0.39, 0.29) is 5.91 Å². The number of hydrogen-bond donors (Lipinski definition) is 1. The van der Waals surface area contributed by atoms with Crippen molar-refractivity contribution in [2.24, 2.45) is 0 Å². The van der Waals surface area contributed by atoms with Gasteiger partial charge in [0.25, 0.3) is 0 Å². The summed E-state index contributed by atoms with van der Waals surface area (Å²) in [6.45, 7) is 5.07. The molecule has 0 saturated heterocycles. The number of halogens is 1. The molecule has 1 rings (SSSR count). The molecule has 5 heteroatoms. The van der Waals surface area contributed by atoms with Crippen LogP contribution in [0.4, 0.5) is 5.82 Å². The van der Waals surface area contributed by atoms with E-state index in [1.54, 1.807) is 6.07 Å². The van der Waals surface area contributed by atoms with Gasteiger partial charge in [0.15, 0.2) is 0 Å². The van der Waals surface area contributed by atoms with Crippen molar-refractivity contribution in [2.75, 3.05) is 18.5 Å². The first-order valence-corrected chi connectivity index (χ1v) is 6.43. The Morgan fingerprint density at radius 2 is 2.24 bits per heavy atom. The number of hydrogen-bond acceptors (Lipinski definition) is 3. The highest BCUT2D eigenvalue weighted by molar-refractivity contribution is 9.10. The van der Waals surface area contributed by atoms with Crippen molar-refractivity contribution >= 4 is 27.7 Å². The summed E-state index contributed by atoms with van der Waals surface area (Å²) < 4.78 is 6.18. The molecule has 4 nitrogen and oxygen atoms in total. The minimum Gasteiger partial charge on any atom is -0.381 e. The van der Waals surface area contributed by atoms with Crippen LogP contribution in [0, 0.1) is 6.92 Å². The van der Waals surface area contributed by atoms with Gasteiger partial charge in [0.05, 0.1) is 18.7 Å². The number of aryl methyl sites for hydroxylation is 1. The molecule has 0 atom stereocenters. The van der Waals surface area contributed by atoms with Gasteiger partial charge in [-0.2, -0.15) is 0 Å². The maximum Gasteiger partial charge on any atom is 0.227 e. The number of carbonyl (C=O) groups is 1. The molecule has 1 heterocycles. The third-order valence-corrected chi connectivity index (χ3v) is 2.95. The quantitative estimate of drug-likeness (QED) is 0.822. The predicted octanol–water partition coefficient (Wildman–Crippen LogP) is 2.91. The number of aromatic nitrogens is 1. The number of rotatable bonds is 6. The van der Waals surface area contributed by atoms with E-state index in [0.29, 0.717) is 25.5 Å². The Balaban J connectivity index is 2.37. The molecule has 0 aliphatic rings. The molecule has 1 N–H and O–H groups in total. The van der Waals surface area contributed by atoms with Crippen LogP contribution in [0.2, 0.25) is 0 Å². The van der Waals surface area contributed by atoms with E-state index in [1.165, 1.54) is 0 Å². The minimum absolute atomic E-state index is 0.0738. The molecule has 0 fully saturated rings. The van der Waals surface area contributed by atoms with Gasteiger partial charge in [-0.05, 0) is 41.4 Å². The standard InChI is InChI=1S/C12H17BrN2O2/c1-3-7-17-8-6-12(16)15-11-5-4-10(13)9(2)14-11/h4-5H,3,6-8H2,1-2H3,(H,14,15,16). The zero-order valence-electron chi connectivity index (χ0n) is 10.1. The maximum absolute atomic E-state index is 11.5. The van der Waals surface area contributed by atoms with Gasteiger partial charge in [-0.15, -0.1) is 0 Å². The van der Waals surface area contributed by atoms with Crippen LogP contribution in [-0.2, 0) is 9.53 Å². The summed E-state index contributed by atoms with van der Waals surface area (Å²) in [5.74, 6) is 0.501. The summed E-state index contributed by atoms with van der Waals surface area (Å²) in [6.07, 6.45) is 1.33. The van der Waals surface area contributed by atoms with Gasteiger partial charge in [-0.3, -0.25) is 4.79 Å². The Hall–Kier alpha value is -0.940. The molecular formula is C12H17BrN2O2. The smallest absolute Gasteiger partial charge is 0.227 e. The zero-order valence-corrected chi connectivity index (χ0v) is 11.7. The Bertz CT molecular complexity index is 383. The highest BCUT2D eigenvalue weighted by Gasteiger charge is 2.04. The molecule has 94 valence electrons.